The molecule has 2 rings (SSSR count). The molecule has 0 radical (unpaired) electrons. The van der Waals surface area contributed by atoms with E-state index in [1.54, 1.807) is 6.92 Å². The van der Waals surface area contributed by atoms with Gasteiger partial charge in [-0.1, -0.05) is 17.7 Å². The summed E-state index contributed by atoms with van der Waals surface area (Å²) in [6, 6.07) is 7.26. The van der Waals surface area contributed by atoms with E-state index in [-0.39, 0.29) is 15.7 Å². The van der Waals surface area contributed by atoms with Gasteiger partial charge in [0.1, 0.15) is 15.7 Å². The molecule has 0 saturated heterocycles. The van der Waals surface area contributed by atoms with Crippen molar-refractivity contribution in [3.63, 3.8) is 0 Å². The standard InChI is InChI=1S/C12H10ClN3O3S/c1-8-5-6-9(7-14-8)20(18,19)16-12(17)10-3-2-4-11(13)15-10/h2-7H,1H3,(H,16,17). The zero-order valence-electron chi connectivity index (χ0n) is 10.4. The van der Waals surface area contributed by atoms with Gasteiger partial charge in [-0.15, -0.1) is 0 Å². The van der Waals surface area contributed by atoms with Gasteiger partial charge < -0.3 is 0 Å². The molecule has 0 aliphatic heterocycles. The molecule has 0 aliphatic rings. The lowest BCUT2D eigenvalue weighted by molar-refractivity contribution is 0.0976. The number of rotatable bonds is 3. The van der Waals surface area contributed by atoms with Crippen LogP contribution < -0.4 is 4.72 Å². The summed E-state index contributed by atoms with van der Waals surface area (Å²) in [6.45, 7) is 1.73. The van der Waals surface area contributed by atoms with E-state index in [0.717, 1.165) is 0 Å². The van der Waals surface area contributed by atoms with Gasteiger partial charge in [0.05, 0.1) is 0 Å². The lowest BCUT2D eigenvalue weighted by Crippen LogP contribution is -2.31. The van der Waals surface area contributed by atoms with E-state index in [2.05, 4.69) is 9.97 Å². The number of nitrogens with one attached hydrogen (secondary N) is 1. The van der Waals surface area contributed by atoms with Crippen LogP contribution in [-0.4, -0.2) is 24.3 Å². The van der Waals surface area contributed by atoms with Crippen LogP contribution in [0.3, 0.4) is 0 Å². The average molecular weight is 312 g/mol. The third kappa shape index (κ3) is 3.31. The number of hydrogen-bond donors (Lipinski definition) is 1. The minimum Gasteiger partial charge on any atom is -0.266 e. The van der Waals surface area contributed by atoms with Crippen molar-refractivity contribution in [3.05, 3.63) is 53.1 Å². The first-order valence-electron chi connectivity index (χ1n) is 5.51. The quantitative estimate of drug-likeness (QED) is 0.869. The molecule has 20 heavy (non-hydrogen) atoms. The van der Waals surface area contributed by atoms with Crippen LogP contribution in [0.5, 0.6) is 0 Å². The van der Waals surface area contributed by atoms with Gasteiger partial charge in [-0.2, -0.15) is 0 Å². The summed E-state index contributed by atoms with van der Waals surface area (Å²) in [5, 5.41) is 0.104. The van der Waals surface area contributed by atoms with Gasteiger partial charge in [0.25, 0.3) is 15.9 Å². The second-order valence-corrected chi connectivity index (χ2v) is 5.99. The van der Waals surface area contributed by atoms with Crippen LogP contribution in [0.2, 0.25) is 5.15 Å². The molecule has 0 spiro atoms. The number of sulfonamides is 1. The molecule has 1 N–H and O–H groups in total. The lowest BCUT2D eigenvalue weighted by atomic mass is 10.3. The molecule has 0 bridgehead atoms. The van der Waals surface area contributed by atoms with Crippen LogP contribution >= 0.6 is 11.6 Å². The second-order valence-electron chi connectivity index (χ2n) is 3.92. The number of carbonyl (C=O) groups excluding carboxylic acids is 1. The number of pyridine rings is 2. The Morgan fingerprint density at radius 1 is 1.25 bits per heavy atom. The van der Waals surface area contributed by atoms with E-state index >= 15 is 0 Å². The van der Waals surface area contributed by atoms with Gasteiger partial charge in [0.15, 0.2) is 0 Å². The fourth-order valence-electron chi connectivity index (χ4n) is 1.38. The van der Waals surface area contributed by atoms with Crippen molar-refractivity contribution in [2.24, 2.45) is 0 Å². The average Bonchev–Trinajstić information content (AvgIpc) is 2.38. The van der Waals surface area contributed by atoms with Crippen LogP contribution in [0.4, 0.5) is 0 Å². The number of amides is 1. The van der Waals surface area contributed by atoms with Crippen LogP contribution in [0, 0.1) is 6.92 Å². The molecule has 6 nitrogen and oxygen atoms in total. The summed E-state index contributed by atoms with van der Waals surface area (Å²) >= 11 is 5.64. The molecule has 2 heterocycles. The lowest BCUT2D eigenvalue weighted by Gasteiger charge is -2.06. The highest BCUT2D eigenvalue weighted by molar-refractivity contribution is 7.90. The van der Waals surface area contributed by atoms with Gasteiger partial charge in [-0.05, 0) is 31.2 Å². The molecule has 0 unspecified atom stereocenters. The van der Waals surface area contributed by atoms with E-state index in [4.69, 9.17) is 11.6 Å². The van der Waals surface area contributed by atoms with Gasteiger partial charge in [-0.25, -0.2) is 18.1 Å². The molecule has 0 aromatic carbocycles. The first-order valence-corrected chi connectivity index (χ1v) is 7.37. The summed E-state index contributed by atoms with van der Waals surface area (Å²) in [7, 11) is -3.98. The Morgan fingerprint density at radius 3 is 2.60 bits per heavy atom. The normalized spacial score (nSPS) is 11.1. The molecule has 2 aromatic rings. The van der Waals surface area contributed by atoms with Crippen molar-refractivity contribution < 1.29 is 13.2 Å². The second kappa shape index (κ2) is 5.56. The maximum atomic E-state index is 12.0. The van der Waals surface area contributed by atoms with Crippen molar-refractivity contribution in [1.29, 1.82) is 0 Å². The van der Waals surface area contributed by atoms with E-state index < -0.39 is 15.9 Å². The van der Waals surface area contributed by atoms with Gasteiger partial charge in [-0.3, -0.25) is 9.78 Å². The predicted molar refractivity (Wildman–Crippen MR) is 72.9 cm³/mol. The Balaban J connectivity index is 2.24. The molecule has 8 heteroatoms. The molecule has 0 fully saturated rings. The minimum atomic E-state index is -3.98. The largest absolute Gasteiger partial charge is 0.283 e. The molecule has 0 atom stereocenters. The Labute approximate surface area is 120 Å². The van der Waals surface area contributed by atoms with Crippen LogP contribution in [0.15, 0.2) is 41.4 Å². The van der Waals surface area contributed by atoms with Crippen molar-refractivity contribution in [2.45, 2.75) is 11.8 Å². The minimum absolute atomic E-state index is 0.0823. The van der Waals surface area contributed by atoms with Crippen molar-refractivity contribution in [3.8, 4) is 0 Å². The monoisotopic (exact) mass is 311 g/mol. The molecule has 0 aliphatic carbocycles. The highest BCUT2D eigenvalue weighted by atomic mass is 35.5. The Hall–Kier alpha value is -1.99. The zero-order chi connectivity index (χ0) is 14.8. The summed E-state index contributed by atoms with van der Waals surface area (Å²) in [6.07, 6.45) is 1.18. The van der Waals surface area contributed by atoms with E-state index in [1.807, 2.05) is 4.72 Å². The Bertz CT molecular complexity index is 745. The third-order valence-electron chi connectivity index (χ3n) is 2.37. The number of carbonyl (C=O) groups is 1. The van der Waals surface area contributed by atoms with Gasteiger partial charge >= 0.3 is 0 Å². The topological polar surface area (TPSA) is 89.0 Å². The summed E-state index contributed by atoms with van der Waals surface area (Å²) in [5.41, 5.74) is 0.591. The molecule has 1 amide bonds. The first kappa shape index (κ1) is 14.4. The third-order valence-corrected chi connectivity index (χ3v) is 3.90. The zero-order valence-corrected chi connectivity index (χ0v) is 11.9. The molecule has 0 saturated carbocycles. The molecule has 104 valence electrons. The highest BCUT2D eigenvalue weighted by Gasteiger charge is 2.19. The van der Waals surface area contributed by atoms with E-state index in [9.17, 15) is 13.2 Å². The van der Waals surface area contributed by atoms with E-state index in [1.165, 1.54) is 36.5 Å². The predicted octanol–water partition coefficient (Wildman–Crippen LogP) is 1.56. The van der Waals surface area contributed by atoms with Gasteiger partial charge in [0, 0.05) is 11.9 Å². The van der Waals surface area contributed by atoms with Crippen molar-refractivity contribution in [1.82, 2.24) is 14.7 Å². The number of nitrogens with zero attached hydrogens (tertiary/aromatic N) is 2. The van der Waals surface area contributed by atoms with Crippen molar-refractivity contribution in [2.75, 3.05) is 0 Å². The number of aryl methyl sites for hydroxylation is 1. The van der Waals surface area contributed by atoms with Crippen LogP contribution in [-0.2, 0) is 10.0 Å². The Morgan fingerprint density at radius 2 is 2.00 bits per heavy atom. The van der Waals surface area contributed by atoms with Crippen LogP contribution in [0.1, 0.15) is 16.2 Å². The summed E-state index contributed by atoms with van der Waals surface area (Å²) in [5.74, 6) is -0.854. The summed E-state index contributed by atoms with van der Waals surface area (Å²) < 4.78 is 25.9. The fraction of sp³-hybridized carbons (Fsp3) is 0.0833. The smallest absolute Gasteiger partial charge is 0.266 e. The van der Waals surface area contributed by atoms with Crippen molar-refractivity contribution >= 4 is 27.5 Å². The first-order chi connectivity index (χ1) is 9.38. The number of hydrogen-bond acceptors (Lipinski definition) is 5. The molecule has 2 aromatic heterocycles. The SMILES string of the molecule is Cc1ccc(S(=O)(=O)NC(=O)c2cccc(Cl)n2)cn1. The number of halogens is 1. The summed E-state index contributed by atoms with van der Waals surface area (Å²) in [4.78, 5) is 19.3. The number of aromatic nitrogens is 2. The van der Waals surface area contributed by atoms with E-state index in [0.29, 0.717) is 5.69 Å². The Kier molecular flexibility index (Phi) is 4.01. The maximum Gasteiger partial charge on any atom is 0.283 e. The molecular formula is C12H10ClN3O3S. The maximum absolute atomic E-state index is 12.0. The van der Waals surface area contributed by atoms with Gasteiger partial charge in [0.2, 0.25) is 0 Å². The fourth-order valence-corrected chi connectivity index (χ4v) is 2.45. The highest BCUT2D eigenvalue weighted by Crippen LogP contribution is 2.09. The van der Waals surface area contributed by atoms with Crippen LogP contribution in [0.25, 0.3) is 0 Å². The molecular weight excluding hydrogens is 302 g/mol.